The van der Waals surface area contributed by atoms with E-state index in [2.05, 4.69) is 15.3 Å². The van der Waals surface area contributed by atoms with Gasteiger partial charge in [-0.25, -0.2) is 9.97 Å². The van der Waals surface area contributed by atoms with Gasteiger partial charge in [-0.15, -0.1) is 11.3 Å². The summed E-state index contributed by atoms with van der Waals surface area (Å²) >= 11 is 1.34. The lowest BCUT2D eigenvalue weighted by molar-refractivity contribution is -0.117. The molecule has 4 heterocycles. The smallest absolute Gasteiger partial charge is 0.283 e. The lowest BCUT2D eigenvalue weighted by atomic mass is 10.1. The first-order valence-electron chi connectivity index (χ1n) is 9.18. The molecule has 0 radical (unpaired) electrons. The normalized spacial score (nSPS) is 17.0. The minimum Gasteiger partial charge on any atom is -0.378 e. The zero-order valence-electron chi connectivity index (χ0n) is 15.3. The fourth-order valence-electron chi connectivity index (χ4n) is 3.17. The lowest BCUT2D eigenvalue weighted by Crippen LogP contribution is -2.54. The molecule has 28 heavy (non-hydrogen) atoms. The number of likely N-dealkylation sites (tertiary alicyclic amines) is 1. The molecule has 0 aromatic carbocycles. The van der Waals surface area contributed by atoms with Gasteiger partial charge in [-0.3, -0.25) is 9.59 Å². The quantitative estimate of drug-likeness (QED) is 0.714. The number of anilines is 1. The van der Waals surface area contributed by atoms with Crippen molar-refractivity contribution < 1.29 is 14.3 Å². The van der Waals surface area contributed by atoms with Crippen molar-refractivity contribution in [2.45, 2.75) is 18.9 Å². The first kappa shape index (κ1) is 17.3. The first-order chi connectivity index (χ1) is 13.6. The Morgan fingerprint density at radius 2 is 2.04 bits per heavy atom. The molecule has 8 nitrogen and oxygen atoms in total. The number of nitrogens with one attached hydrogen (secondary N) is 1. The second-order valence-corrected chi connectivity index (χ2v) is 8.04. The lowest BCUT2D eigenvalue weighted by Gasteiger charge is -2.37. The van der Waals surface area contributed by atoms with Gasteiger partial charge in [-0.2, -0.15) is 0 Å². The molecule has 2 fully saturated rings. The molecule has 0 unspecified atom stereocenters. The molecule has 5 rings (SSSR count). The zero-order chi connectivity index (χ0) is 19.3. The third-order valence-electron chi connectivity index (χ3n) is 5.10. The number of amides is 2. The Labute approximate surface area is 165 Å². The number of aromatic nitrogens is 3. The molecule has 1 saturated heterocycles. The van der Waals surface area contributed by atoms with E-state index in [1.807, 2.05) is 28.1 Å². The number of methoxy groups -OCH3 is 1. The van der Waals surface area contributed by atoms with Crippen molar-refractivity contribution >= 4 is 34.6 Å². The number of ether oxygens (including phenoxy) is 1. The summed E-state index contributed by atoms with van der Waals surface area (Å²) < 4.78 is 7.07. The number of hydrogen-bond donors (Lipinski definition) is 1. The SMILES string of the molecule is COC1CN(C(=O)c2nc(-c3ccc4nc(NC(=O)C5CC5)cn4c3)cs2)C1. The van der Waals surface area contributed by atoms with E-state index in [0.717, 1.165) is 29.7 Å². The minimum absolute atomic E-state index is 0.0352. The Hall–Kier alpha value is -2.78. The fraction of sp³-hybridized carbons (Fsp3) is 0.368. The molecule has 9 heteroatoms. The van der Waals surface area contributed by atoms with Gasteiger partial charge in [0.1, 0.15) is 5.65 Å². The van der Waals surface area contributed by atoms with Crippen LogP contribution in [-0.2, 0) is 9.53 Å². The number of hydrogen-bond acceptors (Lipinski definition) is 6. The van der Waals surface area contributed by atoms with Gasteiger partial charge in [-0.1, -0.05) is 0 Å². The minimum atomic E-state index is -0.0571. The third-order valence-corrected chi connectivity index (χ3v) is 5.93. The number of rotatable bonds is 5. The summed E-state index contributed by atoms with van der Waals surface area (Å²) in [5.41, 5.74) is 2.38. The number of fused-ring (bicyclic) bond motifs is 1. The van der Waals surface area contributed by atoms with E-state index < -0.39 is 0 Å². The van der Waals surface area contributed by atoms with Gasteiger partial charge in [0, 0.05) is 43.3 Å². The van der Waals surface area contributed by atoms with Crippen LogP contribution in [0.5, 0.6) is 0 Å². The van der Waals surface area contributed by atoms with Gasteiger partial charge in [0.05, 0.1) is 18.0 Å². The molecule has 2 amide bonds. The number of imidazole rings is 1. The van der Waals surface area contributed by atoms with Gasteiger partial charge in [0.2, 0.25) is 5.91 Å². The molecule has 3 aromatic heterocycles. The zero-order valence-corrected chi connectivity index (χ0v) is 16.1. The van der Waals surface area contributed by atoms with Gasteiger partial charge in [-0.05, 0) is 25.0 Å². The molecular formula is C19H19N5O3S. The van der Waals surface area contributed by atoms with Crippen LogP contribution in [0.15, 0.2) is 29.9 Å². The summed E-state index contributed by atoms with van der Waals surface area (Å²) in [6, 6.07) is 3.80. The molecular weight excluding hydrogens is 378 g/mol. The molecule has 3 aromatic rings. The maximum Gasteiger partial charge on any atom is 0.283 e. The number of thiazole rings is 1. The standard InChI is InChI=1S/C19H19N5O3S/c1-27-13-7-24(8-13)19(26)18-20-14(10-28-18)12-4-5-16-21-15(9-23(16)6-12)22-17(25)11-2-3-11/h4-6,9-11,13H,2-3,7-8H2,1H3,(H,22,25). The molecule has 1 N–H and O–H groups in total. The second kappa shape index (κ2) is 6.68. The van der Waals surface area contributed by atoms with Crippen LogP contribution >= 0.6 is 11.3 Å². The Bertz CT molecular complexity index is 1060. The van der Waals surface area contributed by atoms with Gasteiger partial charge < -0.3 is 19.4 Å². The summed E-state index contributed by atoms with van der Waals surface area (Å²) in [5, 5.41) is 5.22. The van der Waals surface area contributed by atoms with E-state index in [0.29, 0.717) is 23.9 Å². The number of carbonyl (C=O) groups excluding carboxylic acids is 2. The average molecular weight is 397 g/mol. The Kier molecular flexibility index (Phi) is 4.13. The van der Waals surface area contributed by atoms with Crippen LogP contribution in [0, 0.1) is 5.92 Å². The summed E-state index contributed by atoms with van der Waals surface area (Å²) in [7, 11) is 1.66. The Balaban J connectivity index is 1.34. The van der Waals surface area contributed by atoms with Crippen LogP contribution in [0.2, 0.25) is 0 Å². The van der Waals surface area contributed by atoms with Crippen LogP contribution in [0.1, 0.15) is 22.6 Å². The topological polar surface area (TPSA) is 88.8 Å². The van der Waals surface area contributed by atoms with E-state index in [4.69, 9.17) is 4.74 Å². The van der Waals surface area contributed by atoms with Crippen LogP contribution in [0.25, 0.3) is 16.9 Å². The molecule has 1 aliphatic heterocycles. The van der Waals surface area contributed by atoms with Crippen LogP contribution in [0.4, 0.5) is 5.82 Å². The van der Waals surface area contributed by atoms with Crippen LogP contribution in [0.3, 0.4) is 0 Å². The third kappa shape index (κ3) is 3.16. The monoisotopic (exact) mass is 397 g/mol. The fourth-order valence-corrected chi connectivity index (χ4v) is 3.96. The molecule has 2 aliphatic rings. The first-order valence-corrected chi connectivity index (χ1v) is 10.1. The molecule has 1 saturated carbocycles. The number of nitrogens with zero attached hydrogens (tertiary/aromatic N) is 4. The van der Waals surface area contributed by atoms with E-state index in [1.165, 1.54) is 11.3 Å². The van der Waals surface area contributed by atoms with Gasteiger partial charge in [0.15, 0.2) is 10.8 Å². The van der Waals surface area contributed by atoms with E-state index in [1.54, 1.807) is 18.2 Å². The predicted molar refractivity (Wildman–Crippen MR) is 104 cm³/mol. The Morgan fingerprint density at radius 3 is 2.79 bits per heavy atom. The highest BCUT2D eigenvalue weighted by Gasteiger charge is 2.32. The molecule has 144 valence electrons. The van der Waals surface area contributed by atoms with Gasteiger partial charge >= 0.3 is 0 Å². The largest absolute Gasteiger partial charge is 0.378 e. The Morgan fingerprint density at radius 1 is 1.21 bits per heavy atom. The molecule has 1 aliphatic carbocycles. The molecule has 0 spiro atoms. The average Bonchev–Trinajstić information content (AvgIpc) is 3.25. The highest BCUT2D eigenvalue weighted by molar-refractivity contribution is 7.12. The number of pyridine rings is 1. The van der Waals surface area contributed by atoms with Crippen molar-refractivity contribution in [3.8, 4) is 11.3 Å². The summed E-state index contributed by atoms with van der Waals surface area (Å²) in [4.78, 5) is 35.1. The van der Waals surface area contributed by atoms with Crippen molar-refractivity contribution in [3.63, 3.8) is 0 Å². The van der Waals surface area contributed by atoms with Crippen molar-refractivity contribution in [1.82, 2.24) is 19.3 Å². The predicted octanol–water partition coefficient (Wildman–Crippen LogP) is 2.28. The van der Waals surface area contributed by atoms with E-state index in [9.17, 15) is 9.59 Å². The van der Waals surface area contributed by atoms with Crippen molar-refractivity contribution in [1.29, 1.82) is 0 Å². The van der Waals surface area contributed by atoms with Crippen molar-refractivity contribution in [3.05, 3.63) is 34.9 Å². The highest BCUT2D eigenvalue weighted by Crippen LogP contribution is 2.30. The molecule has 0 bridgehead atoms. The summed E-state index contributed by atoms with van der Waals surface area (Å²) in [6.45, 7) is 1.22. The van der Waals surface area contributed by atoms with Crippen molar-refractivity contribution in [2.75, 3.05) is 25.5 Å². The maximum atomic E-state index is 12.5. The van der Waals surface area contributed by atoms with Crippen LogP contribution in [-0.4, -0.2) is 57.4 Å². The van der Waals surface area contributed by atoms with Crippen LogP contribution < -0.4 is 5.32 Å². The van der Waals surface area contributed by atoms with E-state index in [-0.39, 0.29) is 23.8 Å². The summed E-state index contributed by atoms with van der Waals surface area (Å²) in [6.07, 6.45) is 5.74. The van der Waals surface area contributed by atoms with E-state index >= 15 is 0 Å². The van der Waals surface area contributed by atoms with Crippen molar-refractivity contribution in [2.24, 2.45) is 5.92 Å². The maximum absolute atomic E-state index is 12.5. The number of carbonyl (C=O) groups is 2. The second-order valence-electron chi connectivity index (χ2n) is 7.18. The van der Waals surface area contributed by atoms with Gasteiger partial charge in [0.25, 0.3) is 5.91 Å². The summed E-state index contributed by atoms with van der Waals surface area (Å²) in [5.74, 6) is 0.664. The molecule has 0 atom stereocenters. The highest BCUT2D eigenvalue weighted by atomic mass is 32.1.